The van der Waals surface area contributed by atoms with E-state index in [0.29, 0.717) is 17.5 Å². The van der Waals surface area contributed by atoms with Gasteiger partial charge in [0.05, 0.1) is 11.0 Å². The Labute approximate surface area is 666 Å². The molecule has 0 unspecified atom stereocenters. The number of aromatic nitrogens is 4. The van der Waals surface area contributed by atoms with Crippen molar-refractivity contribution in [2.45, 2.75) is 0 Å². The molecule has 22 rings (SSSR count). The first-order chi connectivity index (χ1) is 57.1. The van der Waals surface area contributed by atoms with Crippen molar-refractivity contribution in [1.29, 1.82) is 0 Å². The molecule has 0 amide bonds. The van der Waals surface area contributed by atoms with Crippen molar-refractivity contribution >= 4 is 75.7 Å². The minimum Gasteiger partial charge on any atom is -0.309 e. The largest absolute Gasteiger partial charge is 0.309 e. The Balaban J connectivity index is 0.910. The summed E-state index contributed by atoms with van der Waals surface area (Å²) in [5.41, 5.74) is 28.8. The quantitative estimate of drug-likeness (QED) is 0.0805. The summed E-state index contributed by atoms with van der Waals surface area (Å²) >= 11 is 0. The molecular formula is C111H70N4. The number of benzene rings is 20. The highest BCUT2D eigenvalue weighted by molar-refractivity contribution is 6.46. The predicted molar refractivity (Wildman–Crippen MR) is 484 cm³/mol. The molecule has 22 aromatic rings. The maximum absolute atomic E-state index is 5.43. The lowest BCUT2D eigenvalue weighted by atomic mass is 9.73. The third kappa shape index (κ3) is 11.2. The monoisotopic (exact) mass is 1460 g/mol. The highest BCUT2D eigenvalue weighted by Crippen LogP contribution is 2.60. The van der Waals surface area contributed by atoms with Gasteiger partial charge in [0.2, 0.25) is 0 Å². The van der Waals surface area contributed by atoms with Crippen LogP contribution in [0.1, 0.15) is 0 Å². The van der Waals surface area contributed by atoms with Gasteiger partial charge >= 0.3 is 0 Å². The normalized spacial score (nSPS) is 11.7. The molecule has 2 heterocycles. The fraction of sp³-hybridized carbons (Fsp3) is 0. The zero-order valence-corrected chi connectivity index (χ0v) is 62.7. The van der Waals surface area contributed by atoms with Gasteiger partial charge in [0.1, 0.15) is 0 Å². The van der Waals surface area contributed by atoms with Crippen LogP contribution in [0.15, 0.2) is 425 Å². The number of rotatable bonds is 14. The highest BCUT2D eigenvalue weighted by Gasteiger charge is 2.33. The molecule has 20 aromatic carbocycles. The summed E-state index contributed by atoms with van der Waals surface area (Å²) in [6.07, 6.45) is 0. The van der Waals surface area contributed by atoms with Crippen LogP contribution in [-0.4, -0.2) is 19.5 Å². The maximum Gasteiger partial charge on any atom is 0.164 e. The van der Waals surface area contributed by atoms with Gasteiger partial charge in [0.25, 0.3) is 0 Å². The van der Waals surface area contributed by atoms with Crippen LogP contribution in [-0.2, 0) is 0 Å². The van der Waals surface area contributed by atoms with Crippen molar-refractivity contribution in [2.24, 2.45) is 0 Å². The van der Waals surface area contributed by atoms with E-state index in [1.165, 1.54) is 87.6 Å². The van der Waals surface area contributed by atoms with Crippen LogP contribution in [0.25, 0.3) is 227 Å². The van der Waals surface area contributed by atoms with Gasteiger partial charge < -0.3 is 4.57 Å². The highest BCUT2D eigenvalue weighted by atomic mass is 15.0. The minimum atomic E-state index is 0.578. The van der Waals surface area contributed by atoms with Gasteiger partial charge in [-0.15, -0.1) is 0 Å². The number of fused-ring (bicyclic) bond motifs is 9. The molecule has 0 spiro atoms. The molecule has 0 aliphatic rings. The van der Waals surface area contributed by atoms with Crippen molar-refractivity contribution in [3.8, 4) is 151 Å². The van der Waals surface area contributed by atoms with Crippen molar-refractivity contribution in [3.63, 3.8) is 0 Å². The number of nitrogens with zero attached hydrogens (tertiary/aromatic N) is 4. The smallest absolute Gasteiger partial charge is 0.164 e. The van der Waals surface area contributed by atoms with Gasteiger partial charge in [0, 0.05) is 33.2 Å². The molecule has 4 heteroatoms. The van der Waals surface area contributed by atoms with Gasteiger partial charge in [-0.1, -0.05) is 382 Å². The third-order valence-corrected chi connectivity index (χ3v) is 23.3. The van der Waals surface area contributed by atoms with Crippen LogP contribution in [0.5, 0.6) is 0 Å². The van der Waals surface area contributed by atoms with Crippen LogP contribution in [0.3, 0.4) is 0 Å². The Morgan fingerprint density at radius 2 is 0.374 bits per heavy atom. The fourth-order valence-corrected chi connectivity index (χ4v) is 18.4. The van der Waals surface area contributed by atoms with Crippen LogP contribution < -0.4 is 0 Å². The SMILES string of the molecule is c1ccc(-c2ccc3c(c2)c2cc(-c4ccccc4)ccc2n3-c2ccc(-c3c(-c4ccccc4)c(-c4cccc(-c5nc(-c6ccccc6)nc(-c6ccccc6)n5)c4)c4c5cccc6c7c(-c8ccccc8)c(-c8ccccc8)c(-c8ccccc8)c(-c8ccccc8)c7c7cccc(c4c3-c3ccccc3)c7c65)cc2)cc1. The second-order valence-corrected chi connectivity index (χ2v) is 29.8. The van der Waals surface area contributed by atoms with E-state index >= 15 is 0 Å². The van der Waals surface area contributed by atoms with Crippen molar-refractivity contribution < 1.29 is 0 Å². The first kappa shape index (κ1) is 66.7. The van der Waals surface area contributed by atoms with Crippen molar-refractivity contribution in [3.05, 3.63) is 425 Å². The van der Waals surface area contributed by atoms with E-state index in [1.54, 1.807) is 0 Å². The van der Waals surface area contributed by atoms with Crippen molar-refractivity contribution in [1.82, 2.24) is 19.5 Å². The topological polar surface area (TPSA) is 43.6 Å². The first-order valence-electron chi connectivity index (χ1n) is 39.5. The zero-order chi connectivity index (χ0) is 75.9. The molecule has 0 bridgehead atoms. The van der Waals surface area contributed by atoms with Gasteiger partial charge in [-0.25, -0.2) is 15.0 Å². The summed E-state index contributed by atoms with van der Waals surface area (Å²) in [5, 5.41) is 14.2. The lowest BCUT2D eigenvalue weighted by Crippen LogP contribution is -2.02. The summed E-state index contributed by atoms with van der Waals surface area (Å²) in [4.78, 5) is 16.1. The van der Waals surface area contributed by atoms with E-state index in [4.69, 9.17) is 15.0 Å². The van der Waals surface area contributed by atoms with Gasteiger partial charge in [0.15, 0.2) is 17.5 Å². The van der Waals surface area contributed by atoms with E-state index < -0.39 is 0 Å². The number of hydrogen-bond donors (Lipinski definition) is 0. The fourth-order valence-electron chi connectivity index (χ4n) is 18.4. The first-order valence-corrected chi connectivity index (χ1v) is 39.5. The molecule has 2 aromatic heterocycles. The molecule has 0 radical (unpaired) electrons. The second-order valence-electron chi connectivity index (χ2n) is 29.8. The molecular weight excluding hydrogens is 1390 g/mol. The molecule has 4 nitrogen and oxygen atoms in total. The Morgan fingerprint density at radius 1 is 0.139 bits per heavy atom. The molecule has 534 valence electrons. The number of hydrogen-bond acceptors (Lipinski definition) is 3. The third-order valence-electron chi connectivity index (χ3n) is 23.3. The van der Waals surface area contributed by atoms with E-state index in [9.17, 15) is 0 Å². The molecule has 0 N–H and O–H groups in total. The van der Waals surface area contributed by atoms with Crippen LogP contribution >= 0.6 is 0 Å². The molecule has 0 atom stereocenters. The van der Waals surface area contributed by atoms with Crippen LogP contribution in [0.2, 0.25) is 0 Å². The van der Waals surface area contributed by atoms with Crippen LogP contribution in [0, 0.1) is 0 Å². The minimum absolute atomic E-state index is 0.578. The lowest BCUT2D eigenvalue weighted by molar-refractivity contribution is 1.07. The van der Waals surface area contributed by atoms with E-state index in [2.05, 4.69) is 393 Å². The molecule has 0 aliphatic heterocycles. The molecule has 0 saturated carbocycles. The average molecular weight is 1460 g/mol. The standard InChI is InChI=1S/C111H70N4/c1-11-34-71(35-12-1)82-62-66-93-91(69-82)92-70-83(72-36-13-2-14-37-72)63-67-94(92)115(93)86-64-60-79(61-65-86)98-97(75-42-19-5-20-43-75)102(84-54-31-55-85(68-84)111-113-109(80-50-27-9-28-51-80)112-110(114-111)81-52-29-10-30-53-81)108-90-59-33-57-88-104(90)103-87(56-32-58-89(103)107(108)101(98)78-48-25-8-26-49-78)105-99(76-44-21-6-22-45-76)95(73-38-15-3-16-39-73)96(74-40-17-4-18-41-74)100(106(88)105)77-46-23-7-24-47-77/h1-70H. The summed E-state index contributed by atoms with van der Waals surface area (Å²) in [6.45, 7) is 0. The second kappa shape index (κ2) is 28.0. The van der Waals surface area contributed by atoms with E-state index in [1.807, 2.05) is 36.4 Å². The Kier molecular flexibility index (Phi) is 16.2. The summed E-state index contributed by atoms with van der Waals surface area (Å²) < 4.78 is 2.47. The Bertz CT molecular complexity index is 7310. The molecule has 0 fully saturated rings. The Morgan fingerprint density at radius 3 is 0.696 bits per heavy atom. The van der Waals surface area contributed by atoms with E-state index in [0.717, 1.165) is 122 Å². The van der Waals surface area contributed by atoms with Gasteiger partial charge in [-0.05, 0) is 208 Å². The summed E-state index contributed by atoms with van der Waals surface area (Å²) in [7, 11) is 0. The van der Waals surface area contributed by atoms with Crippen LogP contribution in [0.4, 0.5) is 0 Å². The molecule has 115 heavy (non-hydrogen) atoms. The average Bonchev–Trinajstić information content (AvgIpc) is 1.21. The Hall–Kier alpha value is -15.2. The summed E-state index contributed by atoms with van der Waals surface area (Å²) in [5.74, 6) is 1.78. The van der Waals surface area contributed by atoms with Gasteiger partial charge in [-0.2, -0.15) is 0 Å². The summed E-state index contributed by atoms with van der Waals surface area (Å²) in [6, 6.07) is 156. The molecule has 0 saturated heterocycles. The van der Waals surface area contributed by atoms with Crippen molar-refractivity contribution in [2.75, 3.05) is 0 Å². The molecule has 0 aliphatic carbocycles. The van der Waals surface area contributed by atoms with E-state index in [-0.39, 0.29) is 0 Å². The lowest BCUT2D eigenvalue weighted by Gasteiger charge is -2.29. The predicted octanol–water partition coefficient (Wildman–Crippen LogP) is 29.8. The zero-order valence-electron chi connectivity index (χ0n) is 62.7. The van der Waals surface area contributed by atoms with Gasteiger partial charge in [-0.3, -0.25) is 0 Å². The maximum atomic E-state index is 5.43.